The van der Waals surface area contributed by atoms with Crippen LogP contribution < -0.4 is 0 Å². The molecule has 0 saturated carbocycles. The molecule has 138 valence electrons. The predicted octanol–water partition coefficient (Wildman–Crippen LogP) is 6.01. The Morgan fingerprint density at radius 3 is 1.62 bits per heavy atom. The fraction of sp³-hybridized carbons (Fsp3) is 0.700. The molecule has 0 saturated heterocycles. The smallest absolute Gasteiger partial charge is 0.282 e. The molecular formula is C20H34O3S. The Bertz CT molecular complexity index is 568. The van der Waals surface area contributed by atoms with E-state index in [-0.39, 0.29) is 4.90 Å². The van der Waals surface area contributed by atoms with Gasteiger partial charge in [-0.3, -0.25) is 4.55 Å². The van der Waals surface area contributed by atoms with Gasteiger partial charge in [0.25, 0.3) is 10.1 Å². The van der Waals surface area contributed by atoms with Crippen LogP contribution in [-0.2, 0) is 16.5 Å². The molecule has 0 aliphatic heterocycles. The maximum atomic E-state index is 11.4. The highest BCUT2D eigenvalue weighted by Gasteiger charge is 2.16. The summed E-state index contributed by atoms with van der Waals surface area (Å²) in [6.45, 7) is 5.75. The second-order valence-corrected chi connectivity index (χ2v) is 8.32. The highest BCUT2D eigenvalue weighted by atomic mass is 32.2. The zero-order chi connectivity index (χ0) is 18.0. The van der Waals surface area contributed by atoms with Gasteiger partial charge in [-0.1, -0.05) is 76.8 Å². The maximum Gasteiger partial charge on any atom is 0.295 e. The lowest BCUT2D eigenvalue weighted by Gasteiger charge is -2.10. The molecule has 0 fully saturated rings. The van der Waals surface area contributed by atoms with Crippen molar-refractivity contribution in [1.29, 1.82) is 0 Å². The molecule has 24 heavy (non-hydrogen) atoms. The summed E-state index contributed by atoms with van der Waals surface area (Å²) >= 11 is 0. The number of aryl methyl sites for hydroxylation is 3. The standard InChI is InChI=1S/C20H34O3S/c1-4-5-6-7-8-9-10-11-12-13-14-19-15-17(2)20(18(3)16-19)24(21,22)23/h15-16H,4-14H2,1-3H3,(H,21,22,23). The van der Waals surface area contributed by atoms with E-state index >= 15 is 0 Å². The molecule has 0 atom stereocenters. The van der Waals surface area contributed by atoms with Crippen molar-refractivity contribution in [3.05, 3.63) is 28.8 Å². The predicted molar refractivity (Wildman–Crippen MR) is 101 cm³/mol. The number of hydrogen-bond acceptors (Lipinski definition) is 2. The Kier molecular flexibility index (Phi) is 9.60. The van der Waals surface area contributed by atoms with Crippen molar-refractivity contribution in [2.24, 2.45) is 0 Å². The molecule has 4 heteroatoms. The van der Waals surface area contributed by atoms with Crippen molar-refractivity contribution in [2.75, 3.05) is 0 Å². The van der Waals surface area contributed by atoms with E-state index in [1.54, 1.807) is 13.8 Å². The van der Waals surface area contributed by atoms with Crippen LogP contribution in [0.15, 0.2) is 17.0 Å². The van der Waals surface area contributed by atoms with Gasteiger partial charge in [-0.25, -0.2) is 0 Å². The Hall–Kier alpha value is -0.870. The molecular weight excluding hydrogens is 320 g/mol. The maximum absolute atomic E-state index is 11.4. The number of rotatable bonds is 12. The van der Waals surface area contributed by atoms with Crippen molar-refractivity contribution >= 4 is 10.1 Å². The molecule has 1 aromatic rings. The van der Waals surface area contributed by atoms with Gasteiger partial charge in [0.05, 0.1) is 4.90 Å². The van der Waals surface area contributed by atoms with E-state index in [1.165, 1.54) is 57.8 Å². The van der Waals surface area contributed by atoms with Gasteiger partial charge in [-0.15, -0.1) is 0 Å². The normalized spacial score (nSPS) is 11.8. The zero-order valence-electron chi connectivity index (χ0n) is 15.6. The van der Waals surface area contributed by atoms with E-state index in [4.69, 9.17) is 0 Å². The first-order chi connectivity index (χ1) is 11.4. The Morgan fingerprint density at radius 2 is 1.21 bits per heavy atom. The lowest BCUT2D eigenvalue weighted by molar-refractivity contribution is 0.482. The molecule has 1 rings (SSSR count). The van der Waals surface area contributed by atoms with Crippen LogP contribution in [0, 0.1) is 13.8 Å². The Morgan fingerprint density at radius 1 is 0.792 bits per heavy atom. The summed E-state index contributed by atoms with van der Waals surface area (Å²) in [6.07, 6.45) is 14.1. The molecule has 0 radical (unpaired) electrons. The summed E-state index contributed by atoms with van der Waals surface area (Å²) in [4.78, 5) is 0.0642. The fourth-order valence-electron chi connectivity index (χ4n) is 3.41. The SMILES string of the molecule is CCCCCCCCCCCCc1cc(C)c(S(=O)(=O)O)c(C)c1. The van der Waals surface area contributed by atoms with Crippen LogP contribution in [0.3, 0.4) is 0 Å². The lowest BCUT2D eigenvalue weighted by atomic mass is 10.0. The lowest BCUT2D eigenvalue weighted by Crippen LogP contribution is -2.05. The Labute approximate surface area is 148 Å². The molecule has 1 aromatic carbocycles. The monoisotopic (exact) mass is 354 g/mol. The Balaban J connectivity index is 2.27. The molecule has 0 aliphatic carbocycles. The van der Waals surface area contributed by atoms with Crippen molar-refractivity contribution in [3.63, 3.8) is 0 Å². The largest absolute Gasteiger partial charge is 0.295 e. The summed E-state index contributed by atoms with van der Waals surface area (Å²) in [5, 5.41) is 0. The number of unbranched alkanes of at least 4 members (excludes halogenated alkanes) is 9. The van der Waals surface area contributed by atoms with E-state index in [9.17, 15) is 13.0 Å². The highest BCUT2D eigenvalue weighted by molar-refractivity contribution is 7.86. The van der Waals surface area contributed by atoms with Crippen LogP contribution in [0.2, 0.25) is 0 Å². The van der Waals surface area contributed by atoms with Crippen LogP contribution in [0.5, 0.6) is 0 Å². The van der Waals surface area contributed by atoms with E-state index in [0.717, 1.165) is 18.4 Å². The third kappa shape index (κ3) is 7.80. The van der Waals surface area contributed by atoms with E-state index < -0.39 is 10.1 Å². The molecule has 0 amide bonds. The summed E-state index contributed by atoms with van der Waals surface area (Å²) in [6, 6.07) is 3.79. The molecule has 0 aliphatic rings. The zero-order valence-corrected chi connectivity index (χ0v) is 16.4. The fourth-order valence-corrected chi connectivity index (χ4v) is 4.34. The van der Waals surface area contributed by atoms with E-state index in [0.29, 0.717) is 11.1 Å². The molecule has 0 unspecified atom stereocenters. The number of hydrogen-bond donors (Lipinski definition) is 1. The van der Waals surface area contributed by atoms with Crippen molar-refractivity contribution in [2.45, 2.75) is 96.3 Å². The summed E-state index contributed by atoms with van der Waals surface area (Å²) < 4.78 is 32.0. The van der Waals surface area contributed by atoms with Crippen molar-refractivity contribution in [3.8, 4) is 0 Å². The quantitative estimate of drug-likeness (QED) is 0.369. The average Bonchev–Trinajstić information content (AvgIpc) is 2.47. The van der Waals surface area contributed by atoms with Gasteiger partial charge in [0.15, 0.2) is 0 Å². The van der Waals surface area contributed by atoms with E-state index in [2.05, 4.69) is 6.92 Å². The molecule has 0 aromatic heterocycles. The molecule has 0 heterocycles. The molecule has 0 spiro atoms. The summed E-state index contributed by atoms with van der Waals surface area (Å²) in [5.41, 5.74) is 2.44. The second-order valence-electron chi connectivity index (χ2n) is 6.97. The second kappa shape index (κ2) is 10.9. The van der Waals surface area contributed by atoms with Gasteiger partial charge in [0, 0.05) is 0 Å². The average molecular weight is 355 g/mol. The number of benzene rings is 1. The minimum atomic E-state index is -4.13. The first kappa shape index (κ1) is 21.2. The topological polar surface area (TPSA) is 54.4 Å². The van der Waals surface area contributed by atoms with Crippen LogP contribution in [0.1, 0.15) is 87.8 Å². The first-order valence-corrected chi connectivity index (χ1v) is 10.9. The molecule has 3 nitrogen and oxygen atoms in total. The van der Waals surface area contributed by atoms with Crippen LogP contribution >= 0.6 is 0 Å². The van der Waals surface area contributed by atoms with Crippen molar-refractivity contribution in [1.82, 2.24) is 0 Å². The van der Waals surface area contributed by atoms with E-state index in [1.807, 2.05) is 12.1 Å². The van der Waals surface area contributed by atoms with Crippen LogP contribution in [0.4, 0.5) is 0 Å². The van der Waals surface area contributed by atoms with Gasteiger partial charge < -0.3 is 0 Å². The van der Waals surface area contributed by atoms with Crippen LogP contribution in [-0.4, -0.2) is 13.0 Å². The first-order valence-electron chi connectivity index (χ1n) is 9.44. The minimum absolute atomic E-state index is 0.0642. The van der Waals surface area contributed by atoms with Gasteiger partial charge in [0.2, 0.25) is 0 Å². The van der Waals surface area contributed by atoms with Gasteiger partial charge in [0.1, 0.15) is 0 Å². The van der Waals surface area contributed by atoms with Crippen LogP contribution in [0.25, 0.3) is 0 Å². The summed E-state index contributed by atoms with van der Waals surface area (Å²) in [7, 11) is -4.13. The van der Waals surface area contributed by atoms with Crippen molar-refractivity contribution < 1.29 is 13.0 Å². The molecule has 1 N–H and O–H groups in total. The third-order valence-electron chi connectivity index (χ3n) is 4.60. The third-order valence-corrected chi connectivity index (χ3v) is 5.76. The van der Waals surface area contributed by atoms with Gasteiger partial charge >= 0.3 is 0 Å². The molecule has 0 bridgehead atoms. The van der Waals surface area contributed by atoms with Gasteiger partial charge in [-0.2, -0.15) is 8.42 Å². The van der Waals surface area contributed by atoms with Gasteiger partial charge in [-0.05, 0) is 43.4 Å². The highest BCUT2D eigenvalue weighted by Crippen LogP contribution is 2.23. The summed E-state index contributed by atoms with van der Waals surface area (Å²) in [5.74, 6) is 0. The minimum Gasteiger partial charge on any atom is -0.282 e.